The molecule has 1 heterocycles. The number of nitrogens with one attached hydrogen (secondary N) is 1. The first-order valence-electron chi connectivity index (χ1n) is 9.96. The Hall–Kier alpha value is -2.83. The quantitative estimate of drug-likeness (QED) is 0.591. The van der Waals surface area contributed by atoms with Gasteiger partial charge in [-0.3, -0.25) is 4.79 Å². The molecule has 1 aliphatic rings. The van der Waals surface area contributed by atoms with Gasteiger partial charge >= 0.3 is 11.6 Å². The third kappa shape index (κ3) is 5.37. The van der Waals surface area contributed by atoms with Crippen LogP contribution in [0.25, 0.3) is 11.0 Å². The Bertz CT molecular complexity index is 950. The molecule has 7 nitrogen and oxygen atoms in total. The predicted octanol–water partition coefficient (Wildman–Crippen LogP) is 2.96. The Kier molecular flexibility index (Phi) is 6.56. The summed E-state index contributed by atoms with van der Waals surface area (Å²) in [5.74, 6) is 0.407. The zero-order chi connectivity index (χ0) is 21.0. The van der Waals surface area contributed by atoms with Crippen molar-refractivity contribution in [1.82, 2.24) is 5.32 Å². The molecule has 29 heavy (non-hydrogen) atoms. The molecule has 1 aliphatic carbocycles. The maximum atomic E-state index is 12.1. The summed E-state index contributed by atoms with van der Waals surface area (Å²) in [5.41, 5.74) is 0.741. The van der Waals surface area contributed by atoms with E-state index in [2.05, 4.69) is 19.2 Å². The molecule has 1 fully saturated rings. The fraction of sp³-hybridized carbons (Fsp3) is 0.500. The molecular weight excluding hydrogens is 374 g/mol. The molecule has 0 saturated heterocycles. The zero-order valence-corrected chi connectivity index (χ0v) is 17.0. The number of carbonyl (C=O) groups excluding carboxylic acids is 2. The van der Waals surface area contributed by atoms with E-state index in [1.54, 1.807) is 18.2 Å². The lowest BCUT2D eigenvalue weighted by molar-refractivity contribution is -0.150. The molecule has 0 spiro atoms. The van der Waals surface area contributed by atoms with E-state index in [0.29, 0.717) is 23.2 Å². The predicted molar refractivity (Wildman–Crippen MR) is 108 cm³/mol. The number of rotatable bonds is 6. The summed E-state index contributed by atoms with van der Waals surface area (Å²) in [6.45, 7) is 5.48. The van der Waals surface area contributed by atoms with Crippen molar-refractivity contribution in [2.24, 2.45) is 11.8 Å². The minimum Gasteiger partial charge on any atom is -0.482 e. The Morgan fingerprint density at radius 3 is 2.76 bits per heavy atom. The summed E-state index contributed by atoms with van der Waals surface area (Å²) in [5, 5.41) is 3.75. The van der Waals surface area contributed by atoms with Crippen LogP contribution in [0.15, 0.2) is 33.5 Å². The second kappa shape index (κ2) is 9.11. The molecule has 3 rings (SSSR count). The van der Waals surface area contributed by atoms with Crippen LogP contribution in [-0.2, 0) is 14.3 Å². The van der Waals surface area contributed by atoms with E-state index in [1.807, 2.05) is 6.92 Å². The van der Waals surface area contributed by atoms with Crippen molar-refractivity contribution in [1.29, 1.82) is 0 Å². The standard InChI is InChI=1S/C22H27NO6/c1-13-5-4-6-18(15(13)3)23-20(24)11-28-22(26)12-27-16-7-8-17-14(2)9-21(25)29-19(17)10-16/h7-10,13,15,18H,4-6,11-12H2,1-3H3,(H,23,24)/t13-,15+,18+/m0/s1. The lowest BCUT2D eigenvalue weighted by Gasteiger charge is -2.34. The van der Waals surface area contributed by atoms with E-state index in [9.17, 15) is 14.4 Å². The molecule has 0 bridgehead atoms. The maximum Gasteiger partial charge on any atom is 0.344 e. The fourth-order valence-corrected chi connectivity index (χ4v) is 3.76. The number of aryl methyl sites for hydroxylation is 1. The van der Waals surface area contributed by atoms with Gasteiger partial charge in [0.05, 0.1) is 0 Å². The van der Waals surface area contributed by atoms with Crippen LogP contribution in [0.5, 0.6) is 5.75 Å². The first kappa shape index (κ1) is 20.9. The van der Waals surface area contributed by atoms with Crippen LogP contribution < -0.4 is 15.7 Å². The number of benzene rings is 1. The lowest BCUT2D eigenvalue weighted by Crippen LogP contribution is -2.45. The Balaban J connectivity index is 1.47. The fourth-order valence-electron chi connectivity index (χ4n) is 3.76. The van der Waals surface area contributed by atoms with Crippen molar-refractivity contribution >= 4 is 22.8 Å². The summed E-state index contributed by atoms with van der Waals surface area (Å²) in [4.78, 5) is 35.5. The highest BCUT2D eigenvalue weighted by atomic mass is 16.6. The number of hydrogen-bond donors (Lipinski definition) is 1. The second-order valence-electron chi connectivity index (χ2n) is 7.80. The van der Waals surface area contributed by atoms with Gasteiger partial charge in [-0.15, -0.1) is 0 Å². The Labute approximate surface area is 169 Å². The monoisotopic (exact) mass is 401 g/mol. The average Bonchev–Trinajstić information content (AvgIpc) is 2.68. The number of fused-ring (bicyclic) bond motifs is 1. The first-order valence-corrected chi connectivity index (χ1v) is 9.96. The van der Waals surface area contributed by atoms with Gasteiger partial charge in [-0.05, 0) is 42.9 Å². The molecule has 156 valence electrons. The van der Waals surface area contributed by atoms with Crippen molar-refractivity contribution in [3.63, 3.8) is 0 Å². The van der Waals surface area contributed by atoms with Crippen LogP contribution in [0.3, 0.4) is 0 Å². The molecule has 1 aromatic heterocycles. The third-order valence-electron chi connectivity index (χ3n) is 5.70. The van der Waals surface area contributed by atoms with Gasteiger partial charge in [0.1, 0.15) is 11.3 Å². The highest BCUT2D eigenvalue weighted by Crippen LogP contribution is 2.29. The van der Waals surface area contributed by atoms with Gasteiger partial charge in [-0.2, -0.15) is 0 Å². The van der Waals surface area contributed by atoms with Crippen LogP contribution in [-0.4, -0.2) is 31.1 Å². The second-order valence-corrected chi connectivity index (χ2v) is 7.80. The van der Waals surface area contributed by atoms with E-state index < -0.39 is 11.6 Å². The van der Waals surface area contributed by atoms with Crippen LogP contribution in [0.4, 0.5) is 0 Å². The number of amides is 1. The largest absolute Gasteiger partial charge is 0.482 e. The van der Waals surface area contributed by atoms with Gasteiger partial charge in [-0.1, -0.05) is 26.7 Å². The normalized spacial score (nSPS) is 21.6. The summed E-state index contributed by atoms with van der Waals surface area (Å²) in [6, 6.07) is 6.53. The molecule has 1 amide bonds. The Morgan fingerprint density at radius 1 is 1.17 bits per heavy atom. The minimum absolute atomic E-state index is 0.122. The molecule has 2 aromatic rings. The van der Waals surface area contributed by atoms with Gasteiger partial charge in [0.2, 0.25) is 0 Å². The topological polar surface area (TPSA) is 94.8 Å². The van der Waals surface area contributed by atoms with Gasteiger partial charge in [0.25, 0.3) is 5.91 Å². The highest BCUT2D eigenvalue weighted by molar-refractivity contribution is 5.82. The molecule has 1 saturated carbocycles. The first-order chi connectivity index (χ1) is 13.8. The van der Waals surface area contributed by atoms with Crippen LogP contribution >= 0.6 is 0 Å². The summed E-state index contributed by atoms with van der Waals surface area (Å²) in [6.07, 6.45) is 3.22. The van der Waals surface area contributed by atoms with Gasteiger partial charge in [0, 0.05) is 23.6 Å². The van der Waals surface area contributed by atoms with Crippen LogP contribution in [0, 0.1) is 18.8 Å². The highest BCUT2D eigenvalue weighted by Gasteiger charge is 2.28. The summed E-state index contributed by atoms with van der Waals surface area (Å²) < 4.78 is 15.6. The minimum atomic E-state index is -0.643. The van der Waals surface area contributed by atoms with E-state index in [-0.39, 0.29) is 25.2 Å². The van der Waals surface area contributed by atoms with Gasteiger partial charge in [-0.25, -0.2) is 9.59 Å². The molecule has 0 radical (unpaired) electrons. The third-order valence-corrected chi connectivity index (χ3v) is 5.70. The molecule has 1 N–H and O–H groups in total. The average molecular weight is 401 g/mol. The van der Waals surface area contributed by atoms with Crippen molar-refractivity contribution in [3.8, 4) is 5.75 Å². The number of hydrogen-bond acceptors (Lipinski definition) is 6. The maximum absolute atomic E-state index is 12.1. The molecular formula is C22H27NO6. The number of esters is 1. The van der Waals surface area contributed by atoms with Crippen molar-refractivity contribution in [3.05, 3.63) is 40.2 Å². The Morgan fingerprint density at radius 2 is 1.97 bits per heavy atom. The van der Waals surface area contributed by atoms with Gasteiger partial charge in [0.15, 0.2) is 13.2 Å². The van der Waals surface area contributed by atoms with E-state index >= 15 is 0 Å². The molecule has 7 heteroatoms. The SMILES string of the molecule is Cc1cc(=O)oc2cc(OCC(=O)OCC(=O)N[C@@H]3CCC[C@H](C)[C@H]3C)ccc12. The molecule has 1 aromatic carbocycles. The molecule has 3 atom stereocenters. The number of ether oxygens (including phenoxy) is 2. The molecule has 0 aliphatic heterocycles. The van der Waals surface area contributed by atoms with Crippen molar-refractivity contribution < 1.29 is 23.5 Å². The van der Waals surface area contributed by atoms with Crippen LogP contribution in [0.1, 0.15) is 38.7 Å². The van der Waals surface area contributed by atoms with E-state index in [4.69, 9.17) is 13.9 Å². The lowest BCUT2D eigenvalue weighted by atomic mass is 9.78. The molecule has 0 unspecified atom stereocenters. The summed E-state index contributed by atoms with van der Waals surface area (Å²) >= 11 is 0. The number of carbonyl (C=O) groups is 2. The van der Waals surface area contributed by atoms with Crippen molar-refractivity contribution in [2.75, 3.05) is 13.2 Å². The van der Waals surface area contributed by atoms with Crippen LogP contribution in [0.2, 0.25) is 0 Å². The van der Waals surface area contributed by atoms with Gasteiger partial charge < -0.3 is 19.2 Å². The van der Waals surface area contributed by atoms with E-state index in [0.717, 1.165) is 23.8 Å². The summed E-state index contributed by atoms with van der Waals surface area (Å²) in [7, 11) is 0. The smallest absolute Gasteiger partial charge is 0.344 e. The zero-order valence-electron chi connectivity index (χ0n) is 17.0. The van der Waals surface area contributed by atoms with E-state index in [1.165, 1.54) is 12.5 Å². The van der Waals surface area contributed by atoms with Crippen molar-refractivity contribution in [2.45, 2.75) is 46.1 Å².